The third-order valence-corrected chi connectivity index (χ3v) is 6.06. The van der Waals surface area contributed by atoms with Gasteiger partial charge < -0.3 is 14.6 Å². The molecule has 3 rings (SSSR count). The number of amides is 1. The van der Waals surface area contributed by atoms with Gasteiger partial charge in [-0.2, -0.15) is 0 Å². The van der Waals surface area contributed by atoms with E-state index in [4.69, 9.17) is 9.26 Å². The number of hydrogen-bond donors (Lipinski definition) is 1. The van der Waals surface area contributed by atoms with Crippen LogP contribution in [-0.2, 0) is 27.1 Å². The number of aromatic nitrogens is 3. The Morgan fingerprint density at radius 3 is 2.53 bits per heavy atom. The second-order valence-corrected chi connectivity index (χ2v) is 8.34. The van der Waals surface area contributed by atoms with E-state index in [1.165, 1.54) is 23.4 Å². The lowest BCUT2D eigenvalue weighted by Crippen LogP contribution is -2.32. The van der Waals surface area contributed by atoms with Crippen LogP contribution in [0.15, 0.2) is 39.6 Å². The molecule has 0 aliphatic rings. The molecule has 0 bridgehead atoms. The van der Waals surface area contributed by atoms with Crippen LogP contribution in [0.4, 0.5) is 5.69 Å². The molecule has 1 atom stereocenters. The van der Waals surface area contributed by atoms with E-state index in [2.05, 4.69) is 10.5 Å². The molecule has 10 heteroatoms. The summed E-state index contributed by atoms with van der Waals surface area (Å²) >= 11 is 1.35. The standard InChI is InChI=1S/C22H26N4O5S/c1-13-18(15(3)31-24-13)11-32-12-19(27)30-16(4)21(28)23-20-14(2)25(5)26(22(20)29)17-9-7-6-8-10-17/h6-10,16H,11-12H2,1-5H3,(H,23,28)/t16-/m1/s1. The Labute approximate surface area is 189 Å². The van der Waals surface area contributed by atoms with Crippen molar-refractivity contribution in [1.29, 1.82) is 0 Å². The van der Waals surface area contributed by atoms with Gasteiger partial charge in [-0.3, -0.25) is 19.1 Å². The van der Waals surface area contributed by atoms with Gasteiger partial charge >= 0.3 is 5.97 Å². The Bertz CT molecular complexity index is 1160. The maximum absolute atomic E-state index is 12.9. The number of thioether (sulfide) groups is 1. The summed E-state index contributed by atoms with van der Waals surface area (Å²) in [5.74, 6) is 0.262. The van der Waals surface area contributed by atoms with Crippen LogP contribution < -0.4 is 10.9 Å². The maximum Gasteiger partial charge on any atom is 0.316 e. The number of aryl methyl sites for hydroxylation is 2. The highest BCUT2D eigenvalue weighted by Gasteiger charge is 2.23. The first-order chi connectivity index (χ1) is 15.2. The first-order valence-electron chi connectivity index (χ1n) is 10.0. The average molecular weight is 459 g/mol. The molecule has 0 aliphatic heterocycles. The van der Waals surface area contributed by atoms with Crippen LogP contribution in [0.3, 0.4) is 0 Å². The normalized spacial score (nSPS) is 11.9. The number of carbonyl (C=O) groups excluding carboxylic acids is 2. The van der Waals surface area contributed by atoms with Crippen molar-refractivity contribution in [2.75, 3.05) is 11.1 Å². The molecule has 0 saturated heterocycles. The Morgan fingerprint density at radius 2 is 1.91 bits per heavy atom. The highest BCUT2D eigenvalue weighted by molar-refractivity contribution is 7.99. The minimum absolute atomic E-state index is 0.0762. The molecule has 0 unspecified atom stereocenters. The molecule has 9 nitrogen and oxygen atoms in total. The third-order valence-electron chi connectivity index (χ3n) is 5.13. The summed E-state index contributed by atoms with van der Waals surface area (Å²) in [6.07, 6.45) is -1.05. The predicted molar refractivity (Wildman–Crippen MR) is 122 cm³/mol. The minimum atomic E-state index is -1.05. The number of nitrogens with zero attached hydrogens (tertiary/aromatic N) is 3. The van der Waals surface area contributed by atoms with Gasteiger partial charge in [0.1, 0.15) is 11.4 Å². The SMILES string of the molecule is Cc1noc(C)c1CSCC(=O)O[C@H](C)C(=O)Nc1c(C)n(C)n(-c2ccccc2)c1=O. The Morgan fingerprint density at radius 1 is 1.22 bits per heavy atom. The summed E-state index contributed by atoms with van der Waals surface area (Å²) in [4.78, 5) is 37.6. The molecule has 0 fully saturated rings. The van der Waals surface area contributed by atoms with Crippen molar-refractivity contribution < 1.29 is 18.8 Å². The van der Waals surface area contributed by atoms with Gasteiger partial charge in [0, 0.05) is 18.4 Å². The molecule has 0 radical (unpaired) electrons. The number of ether oxygens (including phenoxy) is 1. The van der Waals surface area contributed by atoms with E-state index in [-0.39, 0.29) is 17.0 Å². The summed E-state index contributed by atoms with van der Waals surface area (Å²) in [6, 6.07) is 9.12. The van der Waals surface area contributed by atoms with E-state index >= 15 is 0 Å². The van der Waals surface area contributed by atoms with Crippen LogP contribution in [0.1, 0.15) is 29.6 Å². The van der Waals surface area contributed by atoms with Crippen molar-refractivity contribution >= 4 is 29.3 Å². The van der Waals surface area contributed by atoms with Crippen LogP contribution >= 0.6 is 11.8 Å². The highest BCUT2D eigenvalue weighted by Crippen LogP contribution is 2.20. The molecular weight excluding hydrogens is 432 g/mol. The fourth-order valence-electron chi connectivity index (χ4n) is 3.17. The van der Waals surface area contributed by atoms with Crippen molar-refractivity contribution in [3.8, 4) is 5.69 Å². The van der Waals surface area contributed by atoms with Gasteiger partial charge in [-0.1, -0.05) is 23.4 Å². The van der Waals surface area contributed by atoms with Gasteiger partial charge in [0.05, 0.1) is 22.8 Å². The first kappa shape index (κ1) is 23.4. The molecule has 2 aromatic heterocycles. The van der Waals surface area contributed by atoms with Crippen molar-refractivity contribution in [3.63, 3.8) is 0 Å². The van der Waals surface area contributed by atoms with Gasteiger partial charge in [-0.25, -0.2) is 4.68 Å². The molecule has 0 saturated carbocycles. The van der Waals surface area contributed by atoms with Gasteiger partial charge in [-0.15, -0.1) is 11.8 Å². The van der Waals surface area contributed by atoms with Crippen molar-refractivity contribution in [3.05, 3.63) is 63.4 Å². The molecule has 1 N–H and O–H groups in total. The second-order valence-electron chi connectivity index (χ2n) is 7.35. The number of carbonyl (C=O) groups is 2. The fraction of sp³-hybridized carbons (Fsp3) is 0.364. The number of nitrogens with one attached hydrogen (secondary N) is 1. The van der Waals surface area contributed by atoms with Gasteiger partial charge in [0.2, 0.25) is 0 Å². The van der Waals surface area contributed by atoms with Crippen LogP contribution in [0.25, 0.3) is 5.69 Å². The third kappa shape index (κ3) is 4.96. The van der Waals surface area contributed by atoms with Gasteiger partial charge in [0.15, 0.2) is 6.10 Å². The van der Waals surface area contributed by atoms with E-state index < -0.39 is 18.0 Å². The second kappa shape index (κ2) is 9.90. The van der Waals surface area contributed by atoms with Crippen molar-refractivity contribution in [2.24, 2.45) is 7.05 Å². The van der Waals surface area contributed by atoms with Crippen LogP contribution in [0, 0.1) is 20.8 Å². The van der Waals surface area contributed by atoms with Gasteiger partial charge in [-0.05, 0) is 39.8 Å². The van der Waals surface area contributed by atoms with Crippen molar-refractivity contribution in [1.82, 2.24) is 14.5 Å². The number of hydrogen-bond acceptors (Lipinski definition) is 7. The van der Waals surface area contributed by atoms with Crippen LogP contribution in [0.5, 0.6) is 0 Å². The zero-order chi connectivity index (χ0) is 23.4. The summed E-state index contributed by atoms with van der Waals surface area (Å²) < 4.78 is 13.5. The molecule has 0 aliphatic carbocycles. The molecule has 1 aromatic carbocycles. The molecule has 0 spiro atoms. The number of rotatable bonds is 8. The number of benzene rings is 1. The number of anilines is 1. The number of esters is 1. The fourth-order valence-corrected chi connectivity index (χ4v) is 4.12. The summed E-state index contributed by atoms with van der Waals surface area (Å²) in [5.41, 5.74) is 2.78. The Hall–Kier alpha value is -3.27. The Balaban J connectivity index is 1.60. The molecule has 2 heterocycles. The van der Waals surface area contributed by atoms with E-state index in [1.807, 2.05) is 32.0 Å². The average Bonchev–Trinajstić information content (AvgIpc) is 3.19. The maximum atomic E-state index is 12.9. The molecule has 1 amide bonds. The van der Waals surface area contributed by atoms with Crippen LogP contribution in [-0.4, -0.2) is 38.3 Å². The quantitative estimate of drug-likeness (QED) is 0.517. The first-order valence-corrected chi connectivity index (χ1v) is 11.2. The van der Waals surface area contributed by atoms with Gasteiger partial charge in [0.25, 0.3) is 11.5 Å². The van der Waals surface area contributed by atoms with E-state index in [0.717, 1.165) is 17.0 Å². The zero-order valence-corrected chi connectivity index (χ0v) is 19.5. The summed E-state index contributed by atoms with van der Waals surface area (Å²) in [7, 11) is 1.74. The van der Waals surface area contributed by atoms with E-state index in [9.17, 15) is 14.4 Å². The molecule has 170 valence electrons. The Kier molecular flexibility index (Phi) is 7.24. The molecule has 3 aromatic rings. The predicted octanol–water partition coefficient (Wildman–Crippen LogP) is 2.89. The van der Waals surface area contributed by atoms with E-state index in [0.29, 0.717) is 17.1 Å². The van der Waals surface area contributed by atoms with Crippen LogP contribution in [0.2, 0.25) is 0 Å². The van der Waals surface area contributed by atoms with E-state index in [1.54, 1.807) is 30.8 Å². The molecule has 32 heavy (non-hydrogen) atoms. The number of para-hydroxylation sites is 1. The topological polar surface area (TPSA) is 108 Å². The lowest BCUT2D eigenvalue weighted by atomic mass is 10.2. The largest absolute Gasteiger partial charge is 0.452 e. The summed E-state index contributed by atoms with van der Waals surface area (Å²) in [5, 5.41) is 6.49. The lowest BCUT2D eigenvalue weighted by molar-refractivity contribution is -0.150. The lowest BCUT2D eigenvalue weighted by Gasteiger charge is -2.13. The monoisotopic (exact) mass is 458 g/mol. The highest BCUT2D eigenvalue weighted by atomic mass is 32.2. The minimum Gasteiger partial charge on any atom is -0.452 e. The smallest absolute Gasteiger partial charge is 0.316 e. The van der Waals surface area contributed by atoms with Crippen molar-refractivity contribution in [2.45, 2.75) is 39.6 Å². The zero-order valence-electron chi connectivity index (χ0n) is 18.7. The summed E-state index contributed by atoms with van der Waals surface area (Å²) in [6.45, 7) is 6.87. The molecular formula is C22H26N4O5S.